The van der Waals surface area contributed by atoms with Gasteiger partial charge in [-0.15, -0.1) is 0 Å². The van der Waals surface area contributed by atoms with Gasteiger partial charge in [-0.05, 0) is 31.4 Å². The number of halogens is 1. The molecule has 31 heavy (non-hydrogen) atoms. The zero-order valence-corrected chi connectivity index (χ0v) is 17.3. The highest BCUT2D eigenvalue weighted by atomic mass is 35.5. The summed E-state index contributed by atoms with van der Waals surface area (Å²) in [5.41, 5.74) is 9.43. The van der Waals surface area contributed by atoms with Crippen molar-refractivity contribution in [2.45, 2.75) is 31.3 Å². The quantitative estimate of drug-likeness (QED) is 0.450. The molecule has 0 bridgehead atoms. The van der Waals surface area contributed by atoms with Gasteiger partial charge >= 0.3 is 0 Å². The number of carbonyl (C=O) groups is 1. The number of nitrogens with zero attached hydrogens (tertiary/aromatic N) is 4. The molecule has 158 valence electrons. The zero-order chi connectivity index (χ0) is 21.1. The van der Waals surface area contributed by atoms with Crippen molar-refractivity contribution in [3.63, 3.8) is 0 Å². The fourth-order valence-electron chi connectivity index (χ4n) is 4.10. The number of hydrogen-bond donors (Lipinski definition) is 3. The number of nitrogen functional groups attached to an aromatic ring is 1. The molecule has 9 nitrogen and oxygen atoms in total. The fourth-order valence-corrected chi connectivity index (χ4v) is 4.41. The van der Waals surface area contributed by atoms with Crippen LogP contribution in [0.15, 0.2) is 24.5 Å². The Morgan fingerprint density at radius 1 is 1.29 bits per heavy atom. The topological polar surface area (TPSA) is 124 Å². The van der Waals surface area contributed by atoms with E-state index in [1.165, 1.54) is 6.33 Å². The molecule has 1 amide bonds. The Kier molecular flexibility index (Phi) is 4.15. The number of nitrogens with one attached hydrogen (secondary N) is 2. The number of amides is 1. The van der Waals surface area contributed by atoms with Gasteiger partial charge in [-0.3, -0.25) is 4.79 Å². The van der Waals surface area contributed by atoms with E-state index in [0.717, 1.165) is 30.2 Å². The fraction of sp³-hybridized carbons (Fsp3) is 0.333. The minimum Gasteiger partial charge on any atom is -0.383 e. The summed E-state index contributed by atoms with van der Waals surface area (Å²) in [6, 6.07) is 5.82. The molecule has 1 aromatic carbocycles. The average Bonchev–Trinajstić information content (AvgIpc) is 3.16. The summed E-state index contributed by atoms with van der Waals surface area (Å²) in [6.45, 7) is 1.25. The molecule has 2 fully saturated rings. The molecule has 1 aliphatic carbocycles. The van der Waals surface area contributed by atoms with E-state index < -0.39 is 0 Å². The third-order valence-corrected chi connectivity index (χ3v) is 6.31. The third kappa shape index (κ3) is 3.03. The van der Waals surface area contributed by atoms with Crippen LogP contribution in [0, 0.1) is 0 Å². The Morgan fingerprint density at radius 3 is 2.94 bits per heavy atom. The predicted molar refractivity (Wildman–Crippen MR) is 117 cm³/mol. The van der Waals surface area contributed by atoms with Crippen molar-refractivity contribution in [1.29, 1.82) is 0 Å². The Bertz CT molecular complexity index is 1330. The van der Waals surface area contributed by atoms with Gasteiger partial charge in [0.1, 0.15) is 17.8 Å². The van der Waals surface area contributed by atoms with E-state index in [-0.39, 0.29) is 11.9 Å². The van der Waals surface area contributed by atoms with Gasteiger partial charge in [0.15, 0.2) is 5.65 Å². The maximum Gasteiger partial charge on any atom is 0.251 e. The second-order valence-electron chi connectivity index (χ2n) is 8.09. The summed E-state index contributed by atoms with van der Waals surface area (Å²) in [4.78, 5) is 24.4. The van der Waals surface area contributed by atoms with E-state index >= 15 is 0 Å². The predicted octanol–water partition coefficient (Wildman–Crippen LogP) is 3.06. The largest absolute Gasteiger partial charge is 0.383 e. The molecule has 4 heterocycles. The lowest BCUT2D eigenvalue weighted by Gasteiger charge is -2.08. The minimum atomic E-state index is -0.0784. The summed E-state index contributed by atoms with van der Waals surface area (Å²) in [6.07, 6.45) is 4.36. The van der Waals surface area contributed by atoms with Gasteiger partial charge in [-0.1, -0.05) is 17.7 Å². The number of benzene rings is 1. The van der Waals surface area contributed by atoms with Gasteiger partial charge < -0.3 is 20.8 Å². The van der Waals surface area contributed by atoms with Crippen LogP contribution >= 0.6 is 11.6 Å². The highest BCUT2D eigenvalue weighted by molar-refractivity contribution is 6.38. The minimum absolute atomic E-state index is 0.0754. The second kappa shape index (κ2) is 6.93. The number of aromatic nitrogens is 5. The van der Waals surface area contributed by atoms with Gasteiger partial charge in [0.25, 0.3) is 5.91 Å². The van der Waals surface area contributed by atoms with Gasteiger partial charge in [-0.2, -0.15) is 5.10 Å². The first-order valence-electron chi connectivity index (χ1n) is 10.3. The van der Waals surface area contributed by atoms with Crippen LogP contribution in [0.5, 0.6) is 0 Å². The Balaban J connectivity index is 1.49. The van der Waals surface area contributed by atoms with Crippen molar-refractivity contribution < 1.29 is 9.53 Å². The second-order valence-corrected chi connectivity index (χ2v) is 8.47. The molecule has 1 saturated carbocycles. The number of aromatic amines is 1. The van der Waals surface area contributed by atoms with Crippen molar-refractivity contribution >= 4 is 45.3 Å². The molecule has 2 aliphatic rings. The maximum absolute atomic E-state index is 12.5. The number of rotatable bonds is 4. The van der Waals surface area contributed by atoms with Crippen molar-refractivity contribution in [3.8, 4) is 11.4 Å². The van der Waals surface area contributed by atoms with E-state index in [1.54, 1.807) is 6.07 Å². The average molecular weight is 438 g/mol. The van der Waals surface area contributed by atoms with Crippen LogP contribution in [0.1, 0.15) is 35.7 Å². The van der Waals surface area contributed by atoms with Gasteiger partial charge in [-0.25, -0.2) is 14.6 Å². The SMILES string of the molecule is Nc1ncnc2c1c(-c1[nH]c3cc(C(=O)NC4CC4)ccc3c1Cl)nn2C1CCOC1. The highest BCUT2D eigenvalue weighted by Crippen LogP contribution is 2.39. The standard InChI is InChI=1S/C21H20ClN7O2/c22-16-13-4-1-10(21(30)26-11-2-3-11)7-14(13)27-18(16)17-15-19(23)24-9-25-20(15)29(28-17)12-5-6-31-8-12/h1,4,7,9,11-12,27H,2-3,5-6,8H2,(H,26,30)(H2,23,24,25). The molecule has 4 aromatic rings. The van der Waals surface area contributed by atoms with E-state index in [2.05, 4.69) is 20.3 Å². The van der Waals surface area contributed by atoms with Crippen molar-refractivity contribution in [2.24, 2.45) is 0 Å². The number of H-pyrrole nitrogens is 1. The molecule has 0 spiro atoms. The molecule has 4 N–H and O–H groups in total. The van der Waals surface area contributed by atoms with Crippen LogP contribution < -0.4 is 11.1 Å². The van der Waals surface area contributed by atoms with E-state index in [4.69, 9.17) is 27.2 Å². The van der Waals surface area contributed by atoms with Crippen molar-refractivity contribution in [3.05, 3.63) is 35.1 Å². The Morgan fingerprint density at radius 2 is 2.16 bits per heavy atom. The molecule has 1 atom stereocenters. The Labute approximate surface area is 181 Å². The number of nitrogens with two attached hydrogens (primary N) is 1. The molecule has 0 radical (unpaired) electrons. The normalized spacial score (nSPS) is 18.8. The monoisotopic (exact) mass is 437 g/mol. The molecule has 1 saturated heterocycles. The van der Waals surface area contributed by atoms with E-state index in [1.807, 2.05) is 16.8 Å². The molecule has 10 heteroatoms. The Hall–Kier alpha value is -3.17. The van der Waals surface area contributed by atoms with Crippen LogP contribution in [-0.2, 0) is 4.74 Å². The summed E-state index contributed by atoms with van der Waals surface area (Å²) in [7, 11) is 0. The van der Waals surface area contributed by atoms with Crippen LogP contribution in [0.4, 0.5) is 5.82 Å². The molecule has 1 aliphatic heterocycles. The first kappa shape index (κ1) is 18.6. The first-order chi connectivity index (χ1) is 15.1. The summed E-state index contributed by atoms with van der Waals surface area (Å²) < 4.78 is 7.39. The van der Waals surface area contributed by atoms with Gasteiger partial charge in [0.05, 0.1) is 28.8 Å². The van der Waals surface area contributed by atoms with Gasteiger partial charge in [0.2, 0.25) is 0 Å². The third-order valence-electron chi connectivity index (χ3n) is 5.92. The van der Waals surface area contributed by atoms with E-state index in [0.29, 0.717) is 58.1 Å². The first-order valence-corrected chi connectivity index (χ1v) is 10.7. The number of ether oxygens (including phenoxy) is 1. The summed E-state index contributed by atoms with van der Waals surface area (Å²) in [5.74, 6) is 0.259. The lowest BCUT2D eigenvalue weighted by Crippen LogP contribution is -2.25. The van der Waals surface area contributed by atoms with Gasteiger partial charge in [0, 0.05) is 29.1 Å². The number of hydrogen-bond acceptors (Lipinski definition) is 6. The summed E-state index contributed by atoms with van der Waals surface area (Å²) >= 11 is 6.75. The molecule has 1 unspecified atom stereocenters. The van der Waals surface area contributed by atoms with Crippen LogP contribution in [0.3, 0.4) is 0 Å². The maximum atomic E-state index is 12.5. The highest BCUT2D eigenvalue weighted by Gasteiger charge is 2.28. The van der Waals surface area contributed by atoms with Crippen LogP contribution in [-0.4, -0.2) is 49.9 Å². The number of anilines is 1. The number of fused-ring (bicyclic) bond motifs is 2. The zero-order valence-electron chi connectivity index (χ0n) is 16.6. The van der Waals surface area contributed by atoms with Crippen molar-refractivity contribution in [2.75, 3.05) is 18.9 Å². The lowest BCUT2D eigenvalue weighted by molar-refractivity contribution is 0.0951. The van der Waals surface area contributed by atoms with E-state index in [9.17, 15) is 4.79 Å². The van der Waals surface area contributed by atoms with Crippen LogP contribution in [0.2, 0.25) is 5.02 Å². The lowest BCUT2D eigenvalue weighted by atomic mass is 10.1. The molecule has 3 aromatic heterocycles. The molecular weight excluding hydrogens is 418 g/mol. The molecule has 6 rings (SSSR count). The smallest absolute Gasteiger partial charge is 0.251 e. The van der Waals surface area contributed by atoms with Crippen molar-refractivity contribution in [1.82, 2.24) is 30.0 Å². The number of carbonyl (C=O) groups excluding carboxylic acids is 1. The summed E-state index contributed by atoms with van der Waals surface area (Å²) in [5, 5.41) is 9.80. The molecular formula is C21H20ClN7O2. The van der Waals surface area contributed by atoms with Crippen LogP contribution in [0.25, 0.3) is 33.3 Å².